The number of aromatic nitrogens is 3. The first-order valence-corrected chi connectivity index (χ1v) is 4.52. The first kappa shape index (κ1) is 10.3. The van der Waals surface area contributed by atoms with Crippen LogP contribution in [0.5, 0.6) is 0 Å². The average Bonchev–Trinajstić information content (AvgIpc) is 2.47. The van der Waals surface area contributed by atoms with Crippen LogP contribution in [0, 0.1) is 0 Å². The first-order valence-electron chi connectivity index (χ1n) is 4.07. The highest BCUT2D eigenvalue weighted by molar-refractivity contribution is 7.80. The van der Waals surface area contributed by atoms with E-state index in [0.29, 0.717) is 5.03 Å². The molecule has 0 atom stereocenters. The van der Waals surface area contributed by atoms with Crippen LogP contribution < -0.4 is 4.90 Å². The van der Waals surface area contributed by atoms with Crippen LogP contribution in [0.3, 0.4) is 0 Å². The van der Waals surface area contributed by atoms with Crippen molar-refractivity contribution < 1.29 is 0 Å². The summed E-state index contributed by atoms with van der Waals surface area (Å²) in [6.07, 6.45) is 0. The molecule has 0 aliphatic rings. The Morgan fingerprint density at radius 2 is 2.00 bits per heavy atom. The molecule has 0 radical (unpaired) electrons. The average molecular weight is 201 g/mol. The second-order valence-electron chi connectivity index (χ2n) is 3.21. The maximum absolute atomic E-state index is 4.20. The van der Waals surface area contributed by atoms with E-state index < -0.39 is 0 Å². The smallest absolute Gasteiger partial charge is 0.184 e. The molecule has 0 aliphatic carbocycles. The van der Waals surface area contributed by atoms with Crippen molar-refractivity contribution in [1.29, 1.82) is 0 Å². The molecule has 5 nitrogen and oxygen atoms in total. The van der Waals surface area contributed by atoms with Gasteiger partial charge in [-0.05, 0) is 14.1 Å². The highest BCUT2D eigenvalue weighted by atomic mass is 32.1. The molecule has 0 spiro atoms. The maximum atomic E-state index is 4.20. The standard InChI is InChI=1S/C7H15N5S/c1-11(2)4-5-12(3)6-7(13)9-10-8-6/h4-5H2,1-3H3,(H2,8,9,10,13). The number of nitrogens with zero attached hydrogens (tertiary/aromatic N) is 4. The van der Waals surface area contributed by atoms with Crippen LogP contribution in [-0.2, 0) is 0 Å². The van der Waals surface area contributed by atoms with Crippen LogP contribution >= 0.6 is 12.6 Å². The van der Waals surface area contributed by atoms with E-state index in [4.69, 9.17) is 0 Å². The molecule has 6 heteroatoms. The molecule has 1 heterocycles. The van der Waals surface area contributed by atoms with Gasteiger partial charge in [-0.25, -0.2) is 5.10 Å². The van der Waals surface area contributed by atoms with Gasteiger partial charge in [0, 0.05) is 20.1 Å². The quantitative estimate of drug-likeness (QED) is 0.678. The third-order valence-electron chi connectivity index (χ3n) is 1.76. The maximum Gasteiger partial charge on any atom is 0.184 e. The van der Waals surface area contributed by atoms with Crippen molar-refractivity contribution in [2.24, 2.45) is 0 Å². The lowest BCUT2D eigenvalue weighted by atomic mass is 10.5. The molecule has 0 saturated heterocycles. The van der Waals surface area contributed by atoms with Crippen LogP contribution in [0.2, 0.25) is 0 Å². The molecule has 0 saturated carbocycles. The van der Waals surface area contributed by atoms with Gasteiger partial charge in [0.05, 0.1) is 0 Å². The Kier molecular flexibility index (Phi) is 3.56. The number of H-pyrrole nitrogens is 1. The van der Waals surface area contributed by atoms with Crippen molar-refractivity contribution in [2.75, 3.05) is 39.1 Å². The second kappa shape index (κ2) is 4.48. The molecule has 1 aromatic rings. The Morgan fingerprint density at radius 1 is 1.31 bits per heavy atom. The Bertz CT molecular complexity index is 259. The SMILES string of the molecule is CN(C)CCN(C)c1nn[nH]c1S. The minimum atomic E-state index is 0.709. The largest absolute Gasteiger partial charge is 0.355 e. The van der Waals surface area contributed by atoms with Crippen LogP contribution in [0.25, 0.3) is 0 Å². The molecule has 0 bridgehead atoms. The van der Waals surface area contributed by atoms with Gasteiger partial charge in [0.25, 0.3) is 0 Å². The van der Waals surface area contributed by atoms with Gasteiger partial charge in [0.1, 0.15) is 5.03 Å². The molecule has 0 unspecified atom stereocenters. The molecule has 13 heavy (non-hydrogen) atoms. The number of likely N-dealkylation sites (N-methyl/N-ethyl adjacent to an activating group) is 2. The van der Waals surface area contributed by atoms with Crippen LogP contribution in [0.1, 0.15) is 0 Å². The molecule has 1 N–H and O–H groups in total. The van der Waals surface area contributed by atoms with Crippen molar-refractivity contribution in [1.82, 2.24) is 20.3 Å². The van der Waals surface area contributed by atoms with Gasteiger partial charge >= 0.3 is 0 Å². The zero-order chi connectivity index (χ0) is 9.84. The van der Waals surface area contributed by atoms with E-state index in [0.717, 1.165) is 18.9 Å². The van der Waals surface area contributed by atoms with Gasteiger partial charge in [0.15, 0.2) is 5.82 Å². The van der Waals surface area contributed by atoms with Crippen LogP contribution in [-0.4, -0.2) is 54.5 Å². The summed E-state index contributed by atoms with van der Waals surface area (Å²) >= 11 is 4.20. The highest BCUT2D eigenvalue weighted by Crippen LogP contribution is 2.15. The van der Waals surface area contributed by atoms with E-state index in [1.165, 1.54) is 0 Å². The lowest BCUT2D eigenvalue weighted by molar-refractivity contribution is 0.416. The lowest BCUT2D eigenvalue weighted by Gasteiger charge is -2.18. The third kappa shape index (κ3) is 2.89. The zero-order valence-corrected chi connectivity index (χ0v) is 9.04. The molecule has 0 aliphatic heterocycles. The molecular formula is C7H15N5S. The van der Waals surface area contributed by atoms with E-state index in [2.05, 4.69) is 32.9 Å². The predicted molar refractivity (Wildman–Crippen MR) is 55.5 cm³/mol. The monoisotopic (exact) mass is 201 g/mol. The van der Waals surface area contributed by atoms with E-state index in [1.807, 2.05) is 26.0 Å². The number of hydrogen-bond donors (Lipinski definition) is 2. The number of nitrogens with one attached hydrogen (secondary N) is 1. The van der Waals surface area contributed by atoms with Gasteiger partial charge in [-0.3, -0.25) is 0 Å². The minimum absolute atomic E-state index is 0.709. The molecule has 0 fully saturated rings. The zero-order valence-electron chi connectivity index (χ0n) is 8.15. The lowest BCUT2D eigenvalue weighted by Crippen LogP contribution is -2.28. The fourth-order valence-electron chi connectivity index (χ4n) is 0.930. The normalized spacial score (nSPS) is 10.8. The fraction of sp³-hybridized carbons (Fsp3) is 0.714. The van der Waals surface area contributed by atoms with Crippen LogP contribution in [0.4, 0.5) is 5.82 Å². The summed E-state index contributed by atoms with van der Waals surface area (Å²) < 4.78 is 0. The summed E-state index contributed by atoms with van der Waals surface area (Å²) in [4.78, 5) is 4.14. The van der Waals surface area contributed by atoms with Gasteiger partial charge in [-0.15, -0.1) is 17.7 Å². The number of anilines is 1. The van der Waals surface area contributed by atoms with Crippen molar-refractivity contribution in [3.63, 3.8) is 0 Å². The van der Waals surface area contributed by atoms with Gasteiger partial charge in [0.2, 0.25) is 0 Å². The van der Waals surface area contributed by atoms with Crippen molar-refractivity contribution in [3.8, 4) is 0 Å². The van der Waals surface area contributed by atoms with Crippen LogP contribution in [0.15, 0.2) is 5.03 Å². The van der Waals surface area contributed by atoms with Crippen molar-refractivity contribution in [3.05, 3.63) is 0 Å². The molecule has 1 rings (SSSR count). The summed E-state index contributed by atoms with van der Waals surface area (Å²) in [7, 11) is 6.05. The number of thiol groups is 1. The number of hydrogen-bond acceptors (Lipinski definition) is 5. The minimum Gasteiger partial charge on any atom is -0.355 e. The highest BCUT2D eigenvalue weighted by Gasteiger charge is 2.08. The van der Waals surface area contributed by atoms with Crippen molar-refractivity contribution in [2.45, 2.75) is 5.03 Å². The number of rotatable bonds is 4. The van der Waals surface area contributed by atoms with E-state index >= 15 is 0 Å². The molecule has 1 aromatic heterocycles. The predicted octanol–water partition coefficient (Wildman–Crippen LogP) is 0.0912. The summed E-state index contributed by atoms with van der Waals surface area (Å²) in [5, 5.41) is 11.0. The Labute approximate surface area is 83.5 Å². The third-order valence-corrected chi connectivity index (χ3v) is 2.06. The summed E-state index contributed by atoms with van der Waals surface area (Å²) in [6, 6.07) is 0. The van der Waals surface area contributed by atoms with E-state index in [-0.39, 0.29) is 0 Å². The molecule has 74 valence electrons. The molecular weight excluding hydrogens is 186 g/mol. The Morgan fingerprint density at radius 3 is 2.46 bits per heavy atom. The Hall–Kier alpha value is -0.750. The van der Waals surface area contributed by atoms with Gasteiger partial charge < -0.3 is 9.80 Å². The molecule has 0 aromatic carbocycles. The van der Waals surface area contributed by atoms with Crippen molar-refractivity contribution >= 4 is 18.4 Å². The second-order valence-corrected chi connectivity index (χ2v) is 3.66. The molecule has 0 amide bonds. The van der Waals surface area contributed by atoms with Gasteiger partial charge in [-0.1, -0.05) is 5.21 Å². The summed E-state index contributed by atoms with van der Waals surface area (Å²) in [6.45, 7) is 1.89. The fourth-order valence-corrected chi connectivity index (χ4v) is 1.19. The Balaban J connectivity index is 2.49. The van der Waals surface area contributed by atoms with E-state index in [9.17, 15) is 0 Å². The summed E-state index contributed by atoms with van der Waals surface area (Å²) in [5.74, 6) is 0.796. The topological polar surface area (TPSA) is 48.1 Å². The summed E-state index contributed by atoms with van der Waals surface area (Å²) in [5.41, 5.74) is 0. The van der Waals surface area contributed by atoms with Gasteiger partial charge in [-0.2, -0.15) is 0 Å². The first-order chi connectivity index (χ1) is 6.11. The number of aromatic amines is 1. The van der Waals surface area contributed by atoms with E-state index in [1.54, 1.807) is 0 Å².